The van der Waals surface area contributed by atoms with Crippen molar-refractivity contribution in [2.45, 2.75) is 105 Å². The minimum Gasteiger partial charge on any atom is -0.393 e. The van der Waals surface area contributed by atoms with Crippen LogP contribution in [0.5, 0.6) is 0 Å². The summed E-state index contributed by atoms with van der Waals surface area (Å²) in [5, 5.41) is 10.5. The van der Waals surface area contributed by atoms with Crippen molar-refractivity contribution in [3.05, 3.63) is 23.8 Å². The smallest absolute Gasteiger partial charge is 0.0568 e. The number of hydrogen-bond donors (Lipinski definition) is 1. The van der Waals surface area contributed by atoms with Crippen LogP contribution in [-0.4, -0.2) is 11.2 Å². The van der Waals surface area contributed by atoms with Crippen molar-refractivity contribution in [3.63, 3.8) is 0 Å². The molecule has 1 heteroatoms. The van der Waals surface area contributed by atoms with Gasteiger partial charge in [-0.25, -0.2) is 0 Å². The largest absolute Gasteiger partial charge is 0.393 e. The number of aliphatic hydroxyl groups excluding tert-OH is 1. The van der Waals surface area contributed by atoms with Crippen LogP contribution in [0, 0.1) is 52.3 Å². The van der Waals surface area contributed by atoms with Crippen LogP contribution in [0.1, 0.15) is 99.3 Å². The van der Waals surface area contributed by atoms with Gasteiger partial charge in [0, 0.05) is 0 Å². The third-order valence-corrected chi connectivity index (χ3v) is 11.1. The molecule has 0 aromatic rings. The first-order chi connectivity index (χ1) is 14.1. The molecule has 4 aliphatic carbocycles. The third kappa shape index (κ3) is 3.46. The van der Waals surface area contributed by atoms with Crippen molar-refractivity contribution in [2.24, 2.45) is 52.3 Å². The molecule has 4 rings (SSSR count). The Bertz CT molecular complexity index is 688. The highest BCUT2D eigenvalue weighted by Crippen LogP contribution is 2.67. The molecule has 0 aromatic carbocycles. The highest BCUT2D eigenvalue weighted by atomic mass is 16.3. The van der Waals surface area contributed by atoms with Gasteiger partial charge in [-0.3, -0.25) is 0 Å². The Kier molecular flexibility index (Phi) is 6.10. The summed E-state index contributed by atoms with van der Waals surface area (Å²) >= 11 is 0. The molecule has 0 unspecified atom stereocenters. The average molecular weight is 413 g/mol. The van der Waals surface area contributed by atoms with Crippen molar-refractivity contribution >= 4 is 0 Å². The molecule has 3 fully saturated rings. The summed E-state index contributed by atoms with van der Waals surface area (Å²) < 4.78 is 0. The van der Waals surface area contributed by atoms with Gasteiger partial charge in [0.2, 0.25) is 0 Å². The maximum atomic E-state index is 10.5. The van der Waals surface area contributed by atoms with E-state index in [2.05, 4.69) is 54.2 Å². The molecule has 170 valence electrons. The topological polar surface area (TPSA) is 20.2 Å². The van der Waals surface area contributed by atoms with Crippen LogP contribution in [0.15, 0.2) is 23.8 Å². The fourth-order valence-corrected chi connectivity index (χ4v) is 8.82. The predicted octanol–water partition coefficient (Wildman–Crippen LogP) is 7.80. The zero-order chi connectivity index (χ0) is 21.8. The Balaban J connectivity index is 1.52. The molecule has 0 bridgehead atoms. The zero-order valence-electron chi connectivity index (χ0n) is 20.7. The van der Waals surface area contributed by atoms with E-state index >= 15 is 0 Å². The van der Waals surface area contributed by atoms with Gasteiger partial charge in [0.05, 0.1) is 6.10 Å². The van der Waals surface area contributed by atoms with Crippen molar-refractivity contribution < 1.29 is 5.11 Å². The second kappa shape index (κ2) is 8.09. The highest BCUT2D eigenvalue weighted by molar-refractivity contribution is 5.28. The predicted molar refractivity (Wildman–Crippen MR) is 128 cm³/mol. The molecule has 0 saturated heterocycles. The van der Waals surface area contributed by atoms with Crippen LogP contribution >= 0.6 is 0 Å². The van der Waals surface area contributed by atoms with Crippen molar-refractivity contribution in [2.75, 3.05) is 0 Å². The number of allylic oxidation sites excluding steroid dienone is 3. The number of fused-ring (bicyclic) bond motifs is 5. The Hall–Kier alpha value is -0.560. The summed E-state index contributed by atoms with van der Waals surface area (Å²) in [6.45, 7) is 19.0. The molecule has 0 aliphatic heterocycles. The second-order valence-electron chi connectivity index (χ2n) is 12.7. The van der Waals surface area contributed by atoms with Gasteiger partial charge < -0.3 is 5.11 Å². The van der Waals surface area contributed by atoms with E-state index in [4.69, 9.17) is 0 Å². The zero-order valence-corrected chi connectivity index (χ0v) is 20.7. The Morgan fingerprint density at radius 1 is 1.07 bits per heavy atom. The van der Waals surface area contributed by atoms with Crippen LogP contribution in [0.4, 0.5) is 0 Å². The van der Waals surface area contributed by atoms with E-state index in [-0.39, 0.29) is 6.10 Å². The summed E-state index contributed by atoms with van der Waals surface area (Å²) in [6.07, 6.45) is 14.2. The van der Waals surface area contributed by atoms with Crippen LogP contribution in [0.25, 0.3) is 0 Å². The van der Waals surface area contributed by atoms with Gasteiger partial charge >= 0.3 is 0 Å². The van der Waals surface area contributed by atoms with E-state index in [1.54, 1.807) is 0 Å². The Labute approximate surface area is 186 Å². The van der Waals surface area contributed by atoms with Crippen molar-refractivity contribution in [3.8, 4) is 0 Å². The van der Waals surface area contributed by atoms with Gasteiger partial charge in [-0.15, -0.1) is 0 Å². The molecule has 0 amide bonds. The van der Waals surface area contributed by atoms with Crippen molar-refractivity contribution in [1.82, 2.24) is 0 Å². The quantitative estimate of drug-likeness (QED) is 0.457. The first-order valence-corrected chi connectivity index (χ1v) is 13.1. The van der Waals surface area contributed by atoms with Crippen LogP contribution in [0.2, 0.25) is 0 Å². The van der Waals surface area contributed by atoms with E-state index in [0.29, 0.717) is 28.6 Å². The normalized spacial score (nSPS) is 46.6. The van der Waals surface area contributed by atoms with Gasteiger partial charge in [0.1, 0.15) is 0 Å². The van der Waals surface area contributed by atoms with Gasteiger partial charge in [-0.2, -0.15) is 0 Å². The summed E-state index contributed by atoms with van der Waals surface area (Å²) in [7, 11) is 0. The third-order valence-electron chi connectivity index (χ3n) is 11.1. The fourth-order valence-electron chi connectivity index (χ4n) is 8.82. The van der Waals surface area contributed by atoms with E-state index < -0.39 is 0 Å². The van der Waals surface area contributed by atoms with Gasteiger partial charge in [-0.1, -0.05) is 65.3 Å². The first kappa shape index (κ1) is 22.6. The molecular weight excluding hydrogens is 364 g/mol. The lowest BCUT2D eigenvalue weighted by Gasteiger charge is -2.59. The van der Waals surface area contributed by atoms with Crippen LogP contribution in [-0.2, 0) is 0 Å². The molecular formula is C29H48O. The summed E-state index contributed by atoms with van der Waals surface area (Å²) in [5.41, 5.74) is 4.22. The number of hydrogen-bond acceptors (Lipinski definition) is 1. The minimum atomic E-state index is -0.0795. The van der Waals surface area contributed by atoms with Crippen LogP contribution < -0.4 is 0 Å². The van der Waals surface area contributed by atoms with Crippen molar-refractivity contribution in [1.29, 1.82) is 0 Å². The molecule has 0 aromatic heterocycles. The molecule has 30 heavy (non-hydrogen) atoms. The summed E-state index contributed by atoms with van der Waals surface area (Å²) in [4.78, 5) is 0. The molecule has 1 nitrogen and oxygen atoms in total. The molecule has 0 radical (unpaired) electrons. The lowest BCUT2D eigenvalue weighted by Crippen LogP contribution is -2.52. The molecule has 0 spiro atoms. The molecule has 4 aliphatic rings. The fraction of sp³-hybridized carbons (Fsp3) is 0.862. The number of rotatable bonds is 5. The maximum Gasteiger partial charge on any atom is 0.0568 e. The Morgan fingerprint density at radius 3 is 2.43 bits per heavy atom. The lowest BCUT2D eigenvalue weighted by atomic mass is 9.46. The van der Waals surface area contributed by atoms with E-state index in [1.807, 2.05) is 5.57 Å². The molecule has 0 heterocycles. The van der Waals surface area contributed by atoms with E-state index in [9.17, 15) is 5.11 Å². The molecule has 9 atom stereocenters. The first-order valence-electron chi connectivity index (χ1n) is 13.1. The minimum absolute atomic E-state index is 0.0795. The van der Waals surface area contributed by atoms with Crippen LogP contribution in [0.3, 0.4) is 0 Å². The monoisotopic (exact) mass is 412 g/mol. The highest BCUT2D eigenvalue weighted by Gasteiger charge is 2.59. The standard InChI is InChI=1S/C29H48O/c1-18(2)19(3)8-9-20(4)23-12-13-25-22-10-11-24-21(5)27(30)15-17-29(24,7)26(22)14-16-28(23,25)6/h10,18,20-21,23-27,30H,3,8-9,11-17H2,1-2,4-7H3/t20-,21-,23-,24+,25+,26-,27+,28-,29+/m1/s1. The molecule has 3 saturated carbocycles. The number of aliphatic hydroxyl groups is 1. The van der Waals surface area contributed by atoms with Gasteiger partial charge in [0.25, 0.3) is 0 Å². The van der Waals surface area contributed by atoms with E-state index in [1.165, 1.54) is 56.9 Å². The van der Waals surface area contributed by atoms with Gasteiger partial charge in [-0.05, 0) is 110 Å². The second-order valence-corrected chi connectivity index (χ2v) is 12.7. The Morgan fingerprint density at radius 2 is 1.73 bits per heavy atom. The SMILES string of the molecule is C=C(CC[C@@H](C)[C@H]1CC[C@H]2C3=CC[C@H]4[C@@H](C)[C@@H](O)CC[C@]4(C)[C@@H]3CC[C@]12C)C(C)C. The average Bonchev–Trinajstić information content (AvgIpc) is 3.06. The lowest BCUT2D eigenvalue weighted by molar-refractivity contribution is -0.0773. The maximum absolute atomic E-state index is 10.5. The summed E-state index contributed by atoms with van der Waals surface area (Å²) in [6, 6.07) is 0. The molecule has 1 N–H and O–H groups in total. The van der Waals surface area contributed by atoms with Gasteiger partial charge in [0.15, 0.2) is 0 Å². The van der Waals surface area contributed by atoms with E-state index in [0.717, 1.165) is 30.1 Å². The summed E-state index contributed by atoms with van der Waals surface area (Å²) in [5.74, 6) is 5.04.